The fourth-order valence-electron chi connectivity index (χ4n) is 3.29. The largest absolute Gasteiger partial charge is 0.303 e. The molecule has 1 aromatic rings. The average molecular weight is 352 g/mol. The van der Waals surface area contributed by atoms with E-state index in [0.717, 1.165) is 29.7 Å². The van der Waals surface area contributed by atoms with Crippen LogP contribution in [0.15, 0.2) is 28.7 Å². The Balaban J connectivity index is 1.83. The molecular weight excluding hydrogens is 326 g/mol. The summed E-state index contributed by atoms with van der Waals surface area (Å²) in [6.07, 6.45) is 5.75. The van der Waals surface area contributed by atoms with E-state index < -0.39 is 0 Å². The van der Waals surface area contributed by atoms with Crippen LogP contribution in [0.5, 0.6) is 0 Å². The molecule has 1 aliphatic heterocycles. The Kier molecular flexibility index (Phi) is 6.00. The predicted molar refractivity (Wildman–Crippen MR) is 91.8 cm³/mol. The molecule has 0 atom stereocenters. The molecule has 2 rings (SSSR count). The number of carbonyl (C=O) groups excluding carboxylic acids is 1. The van der Waals surface area contributed by atoms with Crippen LogP contribution in [-0.4, -0.2) is 30.3 Å². The van der Waals surface area contributed by atoms with Crippen molar-refractivity contribution in [3.05, 3.63) is 34.3 Å². The minimum Gasteiger partial charge on any atom is -0.303 e. The highest BCUT2D eigenvalue weighted by molar-refractivity contribution is 9.10. The molecule has 21 heavy (non-hydrogen) atoms. The first kappa shape index (κ1) is 16.7. The van der Waals surface area contributed by atoms with Gasteiger partial charge in [-0.15, -0.1) is 0 Å². The zero-order valence-corrected chi connectivity index (χ0v) is 14.8. The zero-order chi connectivity index (χ0) is 15.3. The number of hydrogen-bond acceptors (Lipinski definition) is 2. The van der Waals surface area contributed by atoms with E-state index >= 15 is 0 Å². The van der Waals surface area contributed by atoms with Gasteiger partial charge >= 0.3 is 0 Å². The van der Waals surface area contributed by atoms with Crippen LogP contribution >= 0.6 is 15.9 Å². The average Bonchev–Trinajstić information content (AvgIpc) is 2.53. The number of carbonyl (C=O) groups is 1. The second-order valence-corrected chi connectivity index (χ2v) is 7.06. The molecule has 1 saturated heterocycles. The minimum absolute atomic E-state index is 0.241. The van der Waals surface area contributed by atoms with Gasteiger partial charge in [0.1, 0.15) is 0 Å². The molecule has 0 saturated carbocycles. The molecule has 0 amide bonds. The third kappa shape index (κ3) is 4.17. The number of nitrogens with zero attached hydrogens (tertiary/aromatic N) is 1. The van der Waals surface area contributed by atoms with Crippen LogP contribution in [-0.2, 0) is 0 Å². The van der Waals surface area contributed by atoms with Gasteiger partial charge in [-0.2, -0.15) is 0 Å². The Labute approximate surface area is 137 Å². The fraction of sp³-hybridized carbons (Fsp3) is 0.611. The van der Waals surface area contributed by atoms with E-state index in [1.807, 2.05) is 24.3 Å². The number of benzene rings is 1. The Morgan fingerprint density at radius 2 is 1.81 bits per heavy atom. The molecule has 0 unspecified atom stereocenters. The lowest BCUT2D eigenvalue weighted by atomic mass is 9.74. The van der Waals surface area contributed by atoms with Crippen molar-refractivity contribution >= 4 is 21.7 Å². The molecule has 1 aromatic carbocycles. The number of halogens is 1. The van der Waals surface area contributed by atoms with Crippen molar-refractivity contribution in [1.29, 1.82) is 0 Å². The SMILES string of the molecule is CCC1(CC)CCN(CCC(=O)c2ccccc2Br)CC1. The Morgan fingerprint density at radius 3 is 2.38 bits per heavy atom. The van der Waals surface area contributed by atoms with Crippen molar-refractivity contribution in [2.75, 3.05) is 19.6 Å². The molecule has 0 bridgehead atoms. The second kappa shape index (κ2) is 7.55. The summed E-state index contributed by atoms with van der Waals surface area (Å²) >= 11 is 3.46. The maximum Gasteiger partial charge on any atom is 0.165 e. The first-order chi connectivity index (χ1) is 10.1. The molecule has 1 fully saturated rings. The van der Waals surface area contributed by atoms with Crippen LogP contribution in [0, 0.1) is 5.41 Å². The van der Waals surface area contributed by atoms with Crippen LogP contribution < -0.4 is 0 Å². The van der Waals surface area contributed by atoms with Gasteiger partial charge in [-0.05, 0) is 37.4 Å². The highest BCUT2D eigenvalue weighted by Gasteiger charge is 2.31. The molecule has 116 valence electrons. The number of ketones is 1. The summed E-state index contributed by atoms with van der Waals surface area (Å²) < 4.78 is 0.907. The van der Waals surface area contributed by atoms with Gasteiger partial charge < -0.3 is 4.90 Å². The normalized spacial score (nSPS) is 18.6. The summed E-state index contributed by atoms with van der Waals surface area (Å²) in [6, 6.07) is 7.71. The number of rotatable bonds is 6. The molecule has 1 aliphatic rings. The monoisotopic (exact) mass is 351 g/mol. The summed E-state index contributed by atoms with van der Waals surface area (Å²) in [5, 5.41) is 0. The Hall–Kier alpha value is -0.670. The molecule has 1 heterocycles. The molecule has 0 aliphatic carbocycles. The maximum atomic E-state index is 12.3. The third-order valence-corrected chi connectivity index (χ3v) is 5.94. The summed E-state index contributed by atoms with van der Waals surface area (Å²) in [5.41, 5.74) is 1.37. The van der Waals surface area contributed by atoms with Crippen molar-refractivity contribution in [1.82, 2.24) is 4.90 Å². The fourth-order valence-corrected chi connectivity index (χ4v) is 3.80. The summed E-state index contributed by atoms with van der Waals surface area (Å²) in [4.78, 5) is 14.7. The smallest absolute Gasteiger partial charge is 0.165 e. The van der Waals surface area contributed by atoms with Gasteiger partial charge in [0.2, 0.25) is 0 Å². The van der Waals surface area contributed by atoms with Gasteiger partial charge in [0, 0.05) is 23.0 Å². The number of hydrogen-bond donors (Lipinski definition) is 0. The lowest BCUT2D eigenvalue weighted by Crippen LogP contribution is -2.40. The van der Waals surface area contributed by atoms with Crippen LogP contribution in [0.3, 0.4) is 0 Å². The highest BCUT2D eigenvalue weighted by atomic mass is 79.9. The Bertz CT molecular complexity index is 472. The van der Waals surface area contributed by atoms with Crippen molar-refractivity contribution in [2.24, 2.45) is 5.41 Å². The standard InChI is InChI=1S/C18H26BrNO/c1-3-18(4-2)10-13-20(14-11-18)12-9-17(21)15-7-5-6-8-16(15)19/h5-8H,3-4,9-14H2,1-2H3. The molecule has 2 nitrogen and oxygen atoms in total. The molecular formula is C18H26BrNO. The predicted octanol–water partition coefficient (Wildman–Crippen LogP) is 4.92. The zero-order valence-electron chi connectivity index (χ0n) is 13.2. The maximum absolute atomic E-state index is 12.3. The summed E-state index contributed by atoms with van der Waals surface area (Å²) in [5.74, 6) is 0.241. The lowest BCUT2D eigenvalue weighted by molar-refractivity contribution is 0.0841. The third-order valence-electron chi connectivity index (χ3n) is 5.25. The van der Waals surface area contributed by atoms with Crippen molar-refractivity contribution in [3.63, 3.8) is 0 Å². The Morgan fingerprint density at radius 1 is 1.19 bits per heavy atom. The van der Waals surface area contributed by atoms with Crippen molar-refractivity contribution in [3.8, 4) is 0 Å². The van der Waals surface area contributed by atoms with Gasteiger partial charge in [-0.3, -0.25) is 4.79 Å². The lowest BCUT2D eigenvalue weighted by Gasteiger charge is -2.41. The number of piperidine rings is 1. The van der Waals surface area contributed by atoms with Crippen LogP contribution in [0.2, 0.25) is 0 Å². The van der Waals surface area contributed by atoms with Gasteiger partial charge in [0.15, 0.2) is 5.78 Å². The minimum atomic E-state index is 0.241. The van der Waals surface area contributed by atoms with E-state index in [1.54, 1.807) is 0 Å². The number of likely N-dealkylation sites (tertiary alicyclic amines) is 1. The van der Waals surface area contributed by atoms with E-state index in [-0.39, 0.29) is 5.78 Å². The van der Waals surface area contributed by atoms with Crippen molar-refractivity contribution < 1.29 is 4.79 Å². The summed E-state index contributed by atoms with van der Waals surface area (Å²) in [6.45, 7) is 7.81. The van der Waals surface area contributed by atoms with Crippen LogP contribution in [0.25, 0.3) is 0 Å². The number of Topliss-reactive ketones (excluding diaryl/α,β-unsaturated/α-hetero) is 1. The van der Waals surface area contributed by atoms with E-state index in [4.69, 9.17) is 0 Å². The van der Waals surface area contributed by atoms with Crippen molar-refractivity contribution in [2.45, 2.75) is 46.0 Å². The topological polar surface area (TPSA) is 20.3 Å². The van der Waals surface area contributed by atoms with E-state index in [0.29, 0.717) is 11.8 Å². The molecule has 3 heteroatoms. The molecule has 0 spiro atoms. The van der Waals surface area contributed by atoms with Gasteiger partial charge in [0.05, 0.1) is 0 Å². The van der Waals surface area contributed by atoms with E-state index in [1.165, 1.54) is 25.7 Å². The van der Waals surface area contributed by atoms with Crippen LogP contribution in [0.1, 0.15) is 56.3 Å². The first-order valence-corrected chi connectivity index (χ1v) is 8.89. The second-order valence-electron chi connectivity index (χ2n) is 6.20. The van der Waals surface area contributed by atoms with E-state index in [2.05, 4.69) is 34.7 Å². The van der Waals surface area contributed by atoms with Gasteiger partial charge in [-0.25, -0.2) is 0 Å². The van der Waals surface area contributed by atoms with E-state index in [9.17, 15) is 4.79 Å². The van der Waals surface area contributed by atoms with Gasteiger partial charge in [0.25, 0.3) is 0 Å². The molecule has 0 aromatic heterocycles. The molecule has 0 N–H and O–H groups in total. The van der Waals surface area contributed by atoms with Crippen LogP contribution in [0.4, 0.5) is 0 Å². The summed E-state index contributed by atoms with van der Waals surface area (Å²) in [7, 11) is 0. The molecule has 0 radical (unpaired) electrons. The van der Waals surface area contributed by atoms with Gasteiger partial charge in [-0.1, -0.05) is 60.8 Å². The quantitative estimate of drug-likeness (QED) is 0.677. The first-order valence-electron chi connectivity index (χ1n) is 8.10. The highest BCUT2D eigenvalue weighted by Crippen LogP contribution is 2.37.